The second-order valence-electron chi connectivity index (χ2n) is 6.13. The lowest BCUT2D eigenvalue weighted by Gasteiger charge is -2.07. The number of rotatable bonds is 7. The van der Waals surface area contributed by atoms with Crippen LogP contribution in [0.15, 0.2) is 46.8 Å². The molecule has 6 nitrogen and oxygen atoms in total. The molecule has 142 valence electrons. The predicted molar refractivity (Wildman–Crippen MR) is 111 cm³/mol. The molecule has 3 rings (SSSR count). The van der Waals surface area contributed by atoms with Crippen molar-refractivity contribution in [1.82, 2.24) is 10.2 Å². The van der Waals surface area contributed by atoms with Crippen molar-refractivity contribution < 1.29 is 9.53 Å². The number of ether oxygens (including phenoxy) is 1. The summed E-state index contributed by atoms with van der Waals surface area (Å²) in [5, 5.41) is 20.1. The normalized spacial score (nSPS) is 10.3. The minimum absolute atomic E-state index is 0.0871. The summed E-state index contributed by atoms with van der Waals surface area (Å²) in [5.74, 6) is 1.10. The quantitative estimate of drug-likeness (QED) is 0.461. The van der Waals surface area contributed by atoms with E-state index in [1.54, 1.807) is 12.1 Å². The van der Waals surface area contributed by atoms with Gasteiger partial charge in [-0.05, 0) is 54.8 Å². The van der Waals surface area contributed by atoms with Gasteiger partial charge in [-0.15, -0.1) is 10.2 Å². The highest BCUT2D eigenvalue weighted by Gasteiger charge is 2.10. The molecule has 0 bridgehead atoms. The van der Waals surface area contributed by atoms with Gasteiger partial charge in [0.2, 0.25) is 5.13 Å². The van der Waals surface area contributed by atoms with Crippen molar-refractivity contribution in [2.24, 2.45) is 0 Å². The highest BCUT2D eigenvalue weighted by atomic mass is 32.2. The third-order valence-electron chi connectivity index (χ3n) is 3.66. The van der Waals surface area contributed by atoms with Gasteiger partial charge in [-0.25, -0.2) is 0 Å². The van der Waals surface area contributed by atoms with E-state index >= 15 is 0 Å². The molecule has 0 aliphatic carbocycles. The summed E-state index contributed by atoms with van der Waals surface area (Å²) in [6.07, 6.45) is 0. The number of nitrogens with one attached hydrogen (secondary N) is 1. The zero-order chi connectivity index (χ0) is 19.9. The van der Waals surface area contributed by atoms with Gasteiger partial charge in [0.25, 0.3) is 5.91 Å². The zero-order valence-electron chi connectivity index (χ0n) is 15.4. The van der Waals surface area contributed by atoms with E-state index in [2.05, 4.69) is 21.6 Å². The van der Waals surface area contributed by atoms with Gasteiger partial charge >= 0.3 is 0 Å². The first kappa shape index (κ1) is 19.9. The Morgan fingerprint density at radius 3 is 2.57 bits per heavy atom. The summed E-state index contributed by atoms with van der Waals surface area (Å²) in [6, 6.07) is 15.3. The number of nitriles is 1. The third kappa shape index (κ3) is 5.81. The fourth-order valence-electron chi connectivity index (χ4n) is 2.46. The first-order valence-corrected chi connectivity index (χ1v) is 10.3. The summed E-state index contributed by atoms with van der Waals surface area (Å²) in [7, 11) is 0. The molecule has 1 heterocycles. The van der Waals surface area contributed by atoms with E-state index in [1.165, 1.54) is 23.1 Å². The van der Waals surface area contributed by atoms with Crippen LogP contribution in [-0.4, -0.2) is 22.7 Å². The Kier molecular flexibility index (Phi) is 6.63. The maximum Gasteiger partial charge on any atom is 0.264 e. The van der Waals surface area contributed by atoms with Crippen LogP contribution in [0.25, 0.3) is 0 Å². The summed E-state index contributed by atoms with van der Waals surface area (Å²) in [6.45, 7) is 3.88. The Morgan fingerprint density at radius 1 is 1.18 bits per heavy atom. The summed E-state index contributed by atoms with van der Waals surface area (Å²) >= 11 is 2.84. The molecule has 0 spiro atoms. The number of carbonyl (C=O) groups is 1. The zero-order valence-corrected chi connectivity index (χ0v) is 17.1. The Balaban J connectivity index is 1.48. The number of aryl methyl sites for hydroxylation is 2. The number of benzene rings is 2. The van der Waals surface area contributed by atoms with Crippen LogP contribution in [0.2, 0.25) is 0 Å². The Labute approximate surface area is 171 Å². The van der Waals surface area contributed by atoms with Gasteiger partial charge in [0, 0.05) is 5.75 Å². The molecular formula is C20H18N4O2S2. The van der Waals surface area contributed by atoms with Gasteiger partial charge in [-0.2, -0.15) is 5.26 Å². The van der Waals surface area contributed by atoms with Gasteiger partial charge in [0.1, 0.15) is 5.75 Å². The molecule has 0 unspecified atom stereocenters. The van der Waals surface area contributed by atoms with Crippen molar-refractivity contribution in [3.8, 4) is 11.8 Å². The molecule has 1 aromatic heterocycles. The van der Waals surface area contributed by atoms with Gasteiger partial charge < -0.3 is 4.74 Å². The number of anilines is 1. The summed E-state index contributed by atoms with van der Waals surface area (Å²) in [5.41, 5.74) is 3.90. The minimum atomic E-state index is -0.279. The first-order valence-electron chi connectivity index (χ1n) is 8.48. The molecule has 0 aliphatic rings. The van der Waals surface area contributed by atoms with Crippen molar-refractivity contribution in [3.05, 3.63) is 64.7 Å². The van der Waals surface area contributed by atoms with Crippen LogP contribution < -0.4 is 10.1 Å². The Hall–Kier alpha value is -2.89. The Bertz CT molecular complexity index is 990. The molecule has 2 aromatic carbocycles. The molecule has 0 radical (unpaired) electrons. The SMILES string of the molecule is Cc1cc(C)cc(OCC(=O)Nc2nnc(SCc3ccc(C#N)cc3)s2)c1. The van der Waals surface area contributed by atoms with Crippen LogP contribution in [-0.2, 0) is 10.5 Å². The number of thioether (sulfide) groups is 1. The fourth-order valence-corrected chi connectivity index (χ4v) is 4.18. The van der Waals surface area contributed by atoms with Crippen LogP contribution in [0.4, 0.5) is 5.13 Å². The lowest BCUT2D eigenvalue weighted by molar-refractivity contribution is -0.118. The third-order valence-corrected chi connectivity index (χ3v) is 5.71. The van der Waals surface area contributed by atoms with Crippen LogP contribution in [0.1, 0.15) is 22.3 Å². The van der Waals surface area contributed by atoms with Gasteiger partial charge in [-0.3, -0.25) is 10.1 Å². The molecule has 3 aromatic rings. The number of carbonyl (C=O) groups excluding carboxylic acids is 1. The number of amides is 1. The average molecular weight is 411 g/mol. The highest BCUT2D eigenvalue weighted by molar-refractivity contribution is 8.00. The topological polar surface area (TPSA) is 87.9 Å². The number of hydrogen-bond acceptors (Lipinski definition) is 7. The second-order valence-corrected chi connectivity index (χ2v) is 8.33. The first-order chi connectivity index (χ1) is 13.5. The maximum atomic E-state index is 12.1. The largest absolute Gasteiger partial charge is 0.484 e. The molecule has 0 saturated carbocycles. The van der Waals surface area contributed by atoms with Gasteiger partial charge in [0.15, 0.2) is 10.9 Å². The summed E-state index contributed by atoms with van der Waals surface area (Å²) < 4.78 is 6.31. The smallest absolute Gasteiger partial charge is 0.264 e. The van der Waals surface area contributed by atoms with E-state index in [1.807, 2.05) is 44.2 Å². The molecular weight excluding hydrogens is 392 g/mol. The van der Waals surface area contributed by atoms with E-state index in [0.717, 1.165) is 21.0 Å². The summed E-state index contributed by atoms with van der Waals surface area (Å²) in [4.78, 5) is 12.1. The van der Waals surface area contributed by atoms with Crippen molar-refractivity contribution in [2.75, 3.05) is 11.9 Å². The molecule has 0 saturated heterocycles. The highest BCUT2D eigenvalue weighted by Crippen LogP contribution is 2.28. The molecule has 0 aliphatic heterocycles. The van der Waals surface area contributed by atoms with Crippen LogP contribution in [0.5, 0.6) is 5.75 Å². The van der Waals surface area contributed by atoms with E-state index in [-0.39, 0.29) is 12.5 Å². The van der Waals surface area contributed by atoms with E-state index in [4.69, 9.17) is 10.00 Å². The molecule has 8 heteroatoms. The predicted octanol–water partition coefficient (Wildman–Crippen LogP) is 4.34. The lowest BCUT2D eigenvalue weighted by Crippen LogP contribution is -2.20. The molecule has 0 atom stereocenters. The van der Waals surface area contributed by atoms with Crippen LogP contribution in [0.3, 0.4) is 0 Å². The minimum Gasteiger partial charge on any atom is -0.484 e. The number of aromatic nitrogens is 2. The van der Waals surface area contributed by atoms with Crippen LogP contribution >= 0.6 is 23.1 Å². The van der Waals surface area contributed by atoms with E-state index < -0.39 is 0 Å². The van der Waals surface area contributed by atoms with Gasteiger partial charge in [-0.1, -0.05) is 41.3 Å². The molecule has 1 amide bonds. The van der Waals surface area contributed by atoms with Crippen molar-refractivity contribution in [2.45, 2.75) is 23.9 Å². The average Bonchev–Trinajstić information content (AvgIpc) is 3.12. The number of nitrogens with zero attached hydrogens (tertiary/aromatic N) is 3. The van der Waals surface area contributed by atoms with E-state index in [0.29, 0.717) is 22.2 Å². The molecule has 0 fully saturated rings. The van der Waals surface area contributed by atoms with Crippen LogP contribution in [0, 0.1) is 25.2 Å². The standard InChI is InChI=1S/C20H18N4O2S2/c1-13-7-14(2)9-17(8-13)26-11-18(25)22-19-23-24-20(28-19)27-12-16-5-3-15(10-21)4-6-16/h3-9H,11-12H2,1-2H3,(H,22,23,25). The number of hydrogen-bond donors (Lipinski definition) is 1. The van der Waals surface area contributed by atoms with Gasteiger partial charge in [0.05, 0.1) is 11.6 Å². The maximum absolute atomic E-state index is 12.1. The van der Waals surface area contributed by atoms with Crippen molar-refractivity contribution in [3.63, 3.8) is 0 Å². The molecule has 1 N–H and O–H groups in total. The van der Waals surface area contributed by atoms with Crippen molar-refractivity contribution in [1.29, 1.82) is 5.26 Å². The monoisotopic (exact) mass is 410 g/mol. The Morgan fingerprint density at radius 2 is 1.89 bits per heavy atom. The fraction of sp³-hybridized carbons (Fsp3) is 0.200. The van der Waals surface area contributed by atoms with E-state index in [9.17, 15) is 4.79 Å². The lowest BCUT2D eigenvalue weighted by atomic mass is 10.1. The molecule has 28 heavy (non-hydrogen) atoms. The van der Waals surface area contributed by atoms with Crippen molar-refractivity contribution >= 4 is 34.1 Å². The second kappa shape index (κ2) is 9.35.